The number of hydrogen-bond acceptors (Lipinski definition) is 3. The van der Waals surface area contributed by atoms with Crippen molar-refractivity contribution in [2.45, 2.75) is 26.3 Å². The molecule has 0 aliphatic heterocycles. The van der Waals surface area contributed by atoms with Gasteiger partial charge in [0.15, 0.2) is 0 Å². The van der Waals surface area contributed by atoms with Crippen LogP contribution in [0.3, 0.4) is 0 Å². The Morgan fingerprint density at radius 1 is 1.37 bits per heavy atom. The molecule has 1 rings (SSSR count). The number of carbonyl (C=O) groups is 1. The summed E-state index contributed by atoms with van der Waals surface area (Å²) in [6.45, 7) is 5.27. The van der Waals surface area contributed by atoms with E-state index in [0.29, 0.717) is 5.56 Å². The van der Waals surface area contributed by atoms with E-state index in [2.05, 4.69) is 27.9 Å². The zero-order valence-corrected chi connectivity index (χ0v) is 14.4. The molecule has 0 heterocycles. The maximum absolute atomic E-state index is 12.3. The highest BCUT2D eigenvalue weighted by atomic mass is 127. The van der Waals surface area contributed by atoms with E-state index in [0.717, 1.165) is 9.13 Å². The average Bonchev–Trinajstić information content (AvgIpc) is 2.11. The van der Waals surface area contributed by atoms with Crippen LogP contribution < -0.4 is 5.32 Å². The quantitative estimate of drug-likeness (QED) is 0.795. The van der Waals surface area contributed by atoms with Gasteiger partial charge in [-0.25, -0.2) is 8.42 Å². The predicted molar refractivity (Wildman–Crippen MR) is 85.2 cm³/mol. The van der Waals surface area contributed by atoms with Crippen molar-refractivity contribution in [3.63, 3.8) is 0 Å². The Bertz CT molecular complexity index is 574. The highest BCUT2D eigenvalue weighted by Gasteiger charge is 2.27. The topological polar surface area (TPSA) is 63.2 Å². The van der Waals surface area contributed by atoms with Gasteiger partial charge in [-0.1, -0.05) is 12.1 Å². The molecule has 0 unspecified atom stereocenters. The highest BCUT2D eigenvalue weighted by Crippen LogP contribution is 2.17. The van der Waals surface area contributed by atoms with Crippen LogP contribution in [0.15, 0.2) is 18.2 Å². The second-order valence-corrected chi connectivity index (χ2v) is 8.64. The Labute approximate surface area is 128 Å². The van der Waals surface area contributed by atoms with Crippen molar-refractivity contribution in [2.24, 2.45) is 0 Å². The van der Waals surface area contributed by atoms with Gasteiger partial charge in [0.1, 0.15) is 9.84 Å². The summed E-state index contributed by atoms with van der Waals surface area (Å²) in [7, 11) is -3.15. The third-order valence-electron chi connectivity index (χ3n) is 2.52. The highest BCUT2D eigenvalue weighted by molar-refractivity contribution is 14.1. The summed E-state index contributed by atoms with van der Waals surface area (Å²) in [6.07, 6.45) is 1.17. The first-order valence-electron chi connectivity index (χ1n) is 5.77. The number of nitrogens with one attached hydrogen (secondary N) is 1. The van der Waals surface area contributed by atoms with Crippen LogP contribution in [0.1, 0.15) is 29.8 Å². The summed E-state index contributed by atoms with van der Waals surface area (Å²) in [5.74, 6) is -0.329. The molecule has 0 fully saturated rings. The van der Waals surface area contributed by atoms with E-state index in [9.17, 15) is 13.2 Å². The summed E-state index contributed by atoms with van der Waals surface area (Å²) < 4.78 is 23.5. The van der Waals surface area contributed by atoms with Gasteiger partial charge in [0.2, 0.25) is 0 Å². The molecule has 0 spiro atoms. The molecule has 0 aromatic heterocycles. The second-order valence-electron chi connectivity index (χ2n) is 5.34. The van der Waals surface area contributed by atoms with Crippen molar-refractivity contribution in [2.75, 3.05) is 12.0 Å². The third-order valence-corrected chi connectivity index (χ3v) is 4.67. The Morgan fingerprint density at radius 2 is 1.95 bits per heavy atom. The molecule has 1 N–H and O–H groups in total. The van der Waals surface area contributed by atoms with Crippen molar-refractivity contribution in [1.82, 2.24) is 5.32 Å². The lowest BCUT2D eigenvalue weighted by atomic mass is 10.0. The number of amides is 1. The minimum Gasteiger partial charge on any atom is -0.346 e. The van der Waals surface area contributed by atoms with Crippen molar-refractivity contribution < 1.29 is 13.2 Å². The molecular formula is C13H18INO3S. The Balaban J connectivity index is 2.97. The van der Waals surface area contributed by atoms with Crippen LogP contribution >= 0.6 is 22.6 Å². The molecule has 0 bridgehead atoms. The van der Waals surface area contributed by atoms with E-state index in [1.54, 1.807) is 13.8 Å². The first-order chi connectivity index (χ1) is 8.52. The van der Waals surface area contributed by atoms with Gasteiger partial charge in [-0.15, -0.1) is 0 Å². The van der Waals surface area contributed by atoms with Crippen LogP contribution in [0.2, 0.25) is 0 Å². The fourth-order valence-electron chi connectivity index (χ4n) is 1.98. The van der Waals surface area contributed by atoms with Gasteiger partial charge in [0.05, 0.1) is 11.3 Å². The number of sulfone groups is 1. The van der Waals surface area contributed by atoms with Gasteiger partial charge in [-0.3, -0.25) is 4.79 Å². The zero-order valence-electron chi connectivity index (χ0n) is 11.5. The van der Waals surface area contributed by atoms with Crippen molar-refractivity contribution >= 4 is 38.3 Å². The van der Waals surface area contributed by atoms with Crippen LogP contribution in [0.25, 0.3) is 0 Å². The number of aryl methyl sites for hydroxylation is 1. The lowest BCUT2D eigenvalue weighted by Gasteiger charge is -2.26. The molecule has 0 saturated carbocycles. The number of carbonyl (C=O) groups excluding carboxylic acids is 1. The first-order valence-corrected chi connectivity index (χ1v) is 8.91. The lowest BCUT2D eigenvalue weighted by molar-refractivity contribution is 0.0919. The summed E-state index contributed by atoms with van der Waals surface area (Å²) in [6, 6.07) is 5.60. The second kappa shape index (κ2) is 5.78. The van der Waals surface area contributed by atoms with Crippen molar-refractivity contribution in [3.8, 4) is 0 Å². The summed E-state index contributed by atoms with van der Waals surface area (Å²) in [5, 5.41) is 2.79. The molecule has 1 amide bonds. The largest absolute Gasteiger partial charge is 0.346 e. The predicted octanol–water partition coefficient (Wildman–Crippen LogP) is 2.15. The van der Waals surface area contributed by atoms with E-state index >= 15 is 0 Å². The number of rotatable bonds is 4. The van der Waals surface area contributed by atoms with E-state index in [1.165, 1.54) is 6.26 Å². The van der Waals surface area contributed by atoms with Crippen LogP contribution in [0.5, 0.6) is 0 Å². The van der Waals surface area contributed by atoms with E-state index in [-0.39, 0.29) is 11.7 Å². The average molecular weight is 395 g/mol. The van der Waals surface area contributed by atoms with Gasteiger partial charge in [0.25, 0.3) is 5.91 Å². The lowest BCUT2D eigenvalue weighted by Crippen LogP contribution is -2.48. The molecule has 0 atom stereocenters. The van der Waals surface area contributed by atoms with Gasteiger partial charge < -0.3 is 5.32 Å². The molecule has 1 aromatic carbocycles. The van der Waals surface area contributed by atoms with E-state index in [4.69, 9.17) is 0 Å². The van der Waals surface area contributed by atoms with E-state index < -0.39 is 15.4 Å². The number of hydrogen-bond donors (Lipinski definition) is 1. The molecule has 0 saturated heterocycles. The van der Waals surface area contributed by atoms with E-state index in [1.807, 2.05) is 25.1 Å². The molecular weight excluding hydrogens is 377 g/mol. The van der Waals surface area contributed by atoms with Gasteiger partial charge >= 0.3 is 0 Å². The number of benzene rings is 1. The molecule has 1 aromatic rings. The van der Waals surface area contributed by atoms with Gasteiger partial charge in [-0.05, 0) is 55.0 Å². The fraction of sp³-hybridized carbons (Fsp3) is 0.462. The van der Waals surface area contributed by atoms with Crippen LogP contribution in [0, 0.1) is 10.5 Å². The summed E-state index contributed by atoms with van der Waals surface area (Å²) >= 11 is 2.10. The summed E-state index contributed by atoms with van der Waals surface area (Å²) in [5.41, 5.74) is 0.681. The molecule has 0 radical (unpaired) electrons. The van der Waals surface area contributed by atoms with Crippen molar-refractivity contribution in [1.29, 1.82) is 0 Å². The Kier molecular flexibility index (Phi) is 5.00. The smallest absolute Gasteiger partial charge is 0.253 e. The Morgan fingerprint density at radius 3 is 2.42 bits per heavy atom. The third kappa shape index (κ3) is 5.10. The van der Waals surface area contributed by atoms with Crippen LogP contribution in [-0.4, -0.2) is 31.9 Å². The Hall–Kier alpha value is -0.630. The van der Waals surface area contributed by atoms with Crippen LogP contribution in [-0.2, 0) is 9.84 Å². The van der Waals surface area contributed by atoms with Gasteiger partial charge in [-0.2, -0.15) is 0 Å². The van der Waals surface area contributed by atoms with Crippen LogP contribution in [0.4, 0.5) is 0 Å². The maximum Gasteiger partial charge on any atom is 0.253 e. The summed E-state index contributed by atoms with van der Waals surface area (Å²) in [4.78, 5) is 12.3. The molecule has 0 aliphatic carbocycles. The minimum absolute atomic E-state index is 0.0891. The fourth-order valence-corrected chi connectivity index (χ4v) is 4.24. The zero-order chi connectivity index (χ0) is 14.8. The SMILES string of the molecule is Cc1cccc(I)c1C(=O)NC(C)(C)CS(C)(=O)=O. The maximum atomic E-state index is 12.3. The molecule has 6 heteroatoms. The normalized spacial score (nSPS) is 12.3. The van der Waals surface area contributed by atoms with Crippen molar-refractivity contribution in [3.05, 3.63) is 32.9 Å². The monoisotopic (exact) mass is 395 g/mol. The number of halogens is 1. The standard InChI is InChI=1S/C13H18INO3S/c1-9-6-5-7-10(14)11(9)12(16)15-13(2,3)8-19(4,17)18/h5-7H,8H2,1-4H3,(H,15,16). The molecule has 106 valence electrons. The first kappa shape index (κ1) is 16.4. The molecule has 19 heavy (non-hydrogen) atoms. The molecule has 0 aliphatic rings. The minimum atomic E-state index is -3.15. The molecule has 4 nitrogen and oxygen atoms in total. The van der Waals surface area contributed by atoms with Gasteiger partial charge in [0, 0.05) is 15.4 Å².